The molecular weight excluding hydrogens is 230 g/mol. The quantitative estimate of drug-likeness (QED) is 0.838. The average Bonchev–Trinajstić information content (AvgIpc) is 2.85. The highest BCUT2D eigenvalue weighted by molar-refractivity contribution is 7.09. The normalized spacial score (nSPS) is 10.2. The number of hydrogen-bond acceptors (Lipinski definition) is 3. The number of anilines is 1. The number of nitrogens with one attached hydrogen (secondary N) is 1. The van der Waals surface area contributed by atoms with Gasteiger partial charge in [-0.1, -0.05) is 6.07 Å². The van der Waals surface area contributed by atoms with E-state index in [0.717, 1.165) is 24.4 Å². The molecule has 0 aliphatic heterocycles. The highest BCUT2D eigenvalue weighted by Crippen LogP contribution is 2.16. The molecule has 1 heterocycles. The zero-order chi connectivity index (χ0) is 11.9. The van der Waals surface area contributed by atoms with Gasteiger partial charge in [0.15, 0.2) is 0 Å². The lowest BCUT2D eigenvalue weighted by Crippen LogP contribution is -2.03. The van der Waals surface area contributed by atoms with E-state index in [1.54, 1.807) is 0 Å². The van der Waals surface area contributed by atoms with E-state index in [9.17, 15) is 0 Å². The van der Waals surface area contributed by atoms with Crippen LogP contribution in [0.3, 0.4) is 0 Å². The molecule has 0 amide bonds. The molecule has 1 aromatic heterocycles. The van der Waals surface area contributed by atoms with Crippen molar-refractivity contribution in [2.45, 2.75) is 13.3 Å². The molecule has 0 aliphatic rings. The van der Waals surface area contributed by atoms with Gasteiger partial charge in [-0.15, -0.1) is 11.3 Å². The van der Waals surface area contributed by atoms with Gasteiger partial charge < -0.3 is 10.1 Å². The Morgan fingerprint density at radius 3 is 2.65 bits per heavy atom. The Bertz CT molecular complexity index is 422. The summed E-state index contributed by atoms with van der Waals surface area (Å²) in [6.07, 6.45) is 1.07. The fraction of sp³-hybridized carbons (Fsp3) is 0.286. The van der Waals surface area contributed by atoms with Crippen LogP contribution in [0.25, 0.3) is 0 Å². The van der Waals surface area contributed by atoms with E-state index in [1.807, 2.05) is 30.4 Å². The van der Waals surface area contributed by atoms with E-state index < -0.39 is 0 Å². The Balaban J connectivity index is 1.79. The molecule has 2 rings (SSSR count). The van der Waals surface area contributed by atoms with Gasteiger partial charge in [0.1, 0.15) is 5.75 Å². The number of thiophene rings is 1. The number of hydrogen-bond donors (Lipinski definition) is 1. The zero-order valence-corrected chi connectivity index (χ0v) is 10.8. The molecule has 0 radical (unpaired) electrons. The topological polar surface area (TPSA) is 21.3 Å². The highest BCUT2D eigenvalue weighted by atomic mass is 32.1. The Morgan fingerprint density at radius 2 is 2.00 bits per heavy atom. The van der Waals surface area contributed by atoms with Crippen LogP contribution in [0, 0.1) is 0 Å². The van der Waals surface area contributed by atoms with Crippen molar-refractivity contribution < 1.29 is 4.74 Å². The maximum Gasteiger partial charge on any atom is 0.119 e. The maximum absolute atomic E-state index is 5.40. The highest BCUT2D eigenvalue weighted by Gasteiger charge is 1.96. The summed E-state index contributed by atoms with van der Waals surface area (Å²) in [4.78, 5) is 1.42. The van der Waals surface area contributed by atoms with E-state index in [1.165, 1.54) is 4.88 Å². The standard InChI is InChI=1S/C14H17NOS/c1-2-16-13-7-5-12(6-8-13)15-10-9-14-4-3-11-17-14/h3-8,11,15H,2,9-10H2,1H3. The third-order valence-corrected chi connectivity index (χ3v) is 3.38. The van der Waals surface area contributed by atoms with Crippen molar-refractivity contribution >= 4 is 17.0 Å². The first-order valence-electron chi connectivity index (χ1n) is 5.87. The molecule has 0 aliphatic carbocycles. The molecular formula is C14H17NOS. The summed E-state index contributed by atoms with van der Waals surface area (Å²) in [5.74, 6) is 0.927. The second-order valence-electron chi connectivity index (χ2n) is 3.71. The Morgan fingerprint density at radius 1 is 1.18 bits per heavy atom. The fourth-order valence-electron chi connectivity index (χ4n) is 1.62. The number of ether oxygens (including phenoxy) is 1. The van der Waals surface area contributed by atoms with Crippen molar-refractivity contribution in [2.75, 3.05) is 18.5 Å². The number of benzene rings is 1. The SMILES string of the molecule is CCOc1ccc(NCCc2cccs2)cc1. The van der Waals surface area contributed by atoms with Crippen LogP contribution in [0.4, 0.5) is 5.69 Å². The molecule has 0 bridgehead atoms. The van der Waals surface area contributed by atoms with Crippen molar-refractivity contribution in [3.05, 3.63) is 46.7 Å². The maximum atomic E-state index is 5.40. The molecule has 0 saturated carbocycles. The van der Waals surface area contributed by atoms with Gasteiger partial charge in [0.05, 0.1) is 6.61 Å². The van der Waals surface area contributed by atoms with Crippen LogP contribution < -0.4 is 10.1 Å². The summed E-state index contributed by atoms with van der Waals surface area (Å²) in [6, 6.07) is 12.4. The summed E-state index contributed by atoms with van der Waals surface area (Å²) in [5, 5.41) is 5.52. The van der Waals surface area contributed by atoms with Crippen LogP contribution in [0.15, 0.2) is 41.8 Å². The van der Waals surface area contributed by atoms with Crippen molar-refractivity contribution in [2.24, 2.45) is 0 Å². The summed E-state index contributed by atoms with van der Waals surface area (Å²) < 4.78 is 5.40. The van der Waals surface area contributed by atoms with Gasteiger partial charge in [0, 0.05) is 17.1 Å². The van der Waals surface area contributed by atoms with Crippen LogP contribution in [0.5, 0.6) is 5.75 Å². The molecule has 0 saturated heterocycles. The van der Waals surface area contributed by atoms with Crippen LogP contribution in [-0.4, -0.2) is 13.2 Å². The zero-order valence-electron chi connectivity index (χ0n) is 9.98. The van der Waals surface area contributed by atoms with Gasteiger partial charge in [-0.25, -0.2) is 0 Å². The van der Waals surface area contributed by atoms with Gasteiger partial charge in [0.25, 0.3) is 0 Å². The van der Waals surface area contributed by atoms with Crippen LogP contribution in [0.1, 0.15) is 11.8 Å². The summed E-state index contributed by atoms with van der Waals surface area (Å²) in [5.41, 5.74) is 1.14. The second-order valence-corrected chi connectivity index (χ2v) is 4.75. The molecule has 0 unspecified atom stereocenters. The van der Waals surface area contributed by atoms with E-state index in [0.29, 0.717) is 6.61 Å². The van der Waals surface area contributed by atoms with Gasteiger partial charge in [-0.05, 0) is 49.1 Å². The summed E-state index contributed by atoms with van der Waals surface area (Å²) in [6.45, 7) is 3.67. The van der Waals surface area contributed by atoms with Crippen LogP contribution in [0.2, 0.25) is 0 Å². The molecule has 0 spiro atoms. The van der Waals surface area contributed by atoms with Crippen molar-refractivity contribution in [1.29, 1.82) is 0 Å². The first-order chi connectivity index (χ1) is 8.38. The predicted octanol–water partition coefficient (Wildman–Crippen LogP) is 3.80. The smallest absolute Gasteiger partial charge is 0.119 e. The first kappa shape index (κ1) is 12.0. The molecule has 3 heteroatoms. The van der Waals surface area contributed by atoms with E-state index >= 15 is 0 Å². The van der Waals surface area contributed by atoms with Gasteiger partial charge in [-0.3, -0.25) is 0 Å². The monoisotopic (exact) mass is 247 g/mol. The van der Waals surface area contributed by atoms with Gasteiger partial charge >= 0.3 is 0 Å². The molecule has 2 nitrogen and oxygen atoms in total. The molecule has 2 aromatic rings. The Hall–Kier alpha value is -1.48. The van der Waals surface area contributed by atoms with Crippen molar-refractivity contribution in [3.8, 4) is 5.75 Å². The predicted molar refractivity (Wildman–Crippen MR) is 74.1 cm³/mol. The molecule has 1 aromatic carbocycles. The minimum atomic E-state index is 0.713. The molecule has 1 N–H and O–H groups in total. The minimum absolute atomic E-state index is 0.713. The molecule has 90 valence electrons. The Labute approximate surface area is 106 Å². The average molecular weight is 247 g/mol. The van der Waals surface area contributed by atoms with Crippen LogP contribution in [-0.2, 0) is 6.42 Å². The van der Waals surface area contributed by atoms with E-state index in [-0.39, 0.29) is 0 Å². The van der Waals surface area contributed by atoms with E-state index in [2.05, 4.69) is 35.0 Å². The summed E-state index contributed by atoms with van der Waals surface area (Å²) >= 11 is 1.81. The van der Waals surface area contributed by atoms with Crippen LogP contribution >= 0.6 is 11.3 Å². The minimum Gasteiger partial charge on any atom is -0.494 e. The van der Waals surface area contributed by atoms with Gasteiger partial charge in [0.2, 0.25) is 0 Å². The van der Waals surface area contributed by atoms with Crippen molar-refractivity contribution in [3.63, 3.8) is 0 Å². The third-order valence-electron chi connectivity index (χ3n) is 2.45. The summed E-state index contributed by atoms with van der Waals surface area (Å²) in [7, 11) is 0. The van der Waals surface area contributed by atoms with E-state index in [4.69, 9.17) is 4.74 Å². The number of rotatable bonds is 6. The lowest BCUT2D eigenvalue weighted by molar-refractivity contribution is 0.340. The molecule has 17 heavy (non-hydrogen) atoms. The molecule has 0 atom stereocenters. The lowest BCUT2D eigenvalue weighted by Gasteiger charge is -2.07. The third kappa shape index (κ3) is 3.79. The largest absolute Gasteiger partial charge is 0.494 e. The first-order valence-corrected chi connectivity index (χ1v) is 6.75. The van der Waals surface area contributed by atoms with Gasteiger partial charge in [-0.2, -0.15) is 0 Å². The Kier molecular flexibility index (Phi) is 4.45. The lowest BCUT2D eigenvalue weighted by atomic mass is 10.3. The fourth-order valence-corrected chi connectivity index (χ4v) is 2.33. The van der Waals surface area contributed by atoms with Crippen molar-refractivity contribution in [1.82, 2.24) is 0 Å². The molecule has 0 fully saturated rings. The second kappa shape index (κ2) is 6.30.